The van der Waals surface area contributed by atoms with Crippen molar-refractivity contribution in [1.82, 2.24) is 5.32 Å². The molecule has 1 aliphatic rings. The van der Waals surface area contributed by atoms with Crippen molar-refractivity contribution in [3.63, 3.8) is 0 Å². The lowest BCUT2D eigenvalue weighted by Crippen LogP contribution is -2.32. The number of para-hydroxylation sites is 1. The summed E-state index contributed by atoms with van der Waals surface area (Å²) in [7, 11) is 1.63. The molecule has 0 spiro atoms. The molecule has 1 atom stereocenters. The molecule has 0 radical (unpaired) electrons. The van der Waals surface area contributed by atoms with Gasteiger partial charge < -0.3 is 19.5 Å². The van der Waals surface area contributed by atoms with E-state index in [1.54, 1.807) is 7.11 Å². The number of benzene rings is 3. The summed E-state index contributed by atoms with van der Waals surface area (Å²) < 4.78 is 17.3. The van der Waals surface area contributed by atoms with E-state index in [-0.39, 0.29) is 11.9 Å². The van der Waals surface area contributed by atoms with Gasteiger partial charge in [-0.1, -0.05) is 74.4 Å². The molecule has 5 nitrogen and oxygen atoms in total. The van der Waals surface area contributed by atoms with Crippen molar-refractivity contribution >= 4 is 17.6 Å². The first kappa shape index (κ1) is 24.4. The Morgan fingerprint density at radius 3 is 2.63 bits per heavy atom. The molecule has 0 fully saturated rings. The van der Waals surface area contributed by atoms with Gasteiger partial charge >= 0.3 is 0 Å². The largest absolute Gasteiger partial charge is 0.493 e. The Hall–Kier alpha value is -3.73. The molecule has 0 saturated carbocycles. The number of nitrogens with one attached hydrogen (secondary N) is 1. The predicted molar refractivity (Wildman–Crippen MR) is 140 cm³/mol. The topological polar surface area (TPSA) is 56.8 Å². The monoisotopic (exact) mass is 471 g/mol. The standard InChI is InChI=1S/C30H33NO4/c1-3-4-10-18-34-28-16-15-22(21-29(28)33-2)20-25(23-11-6-5-7-12-23)30(32)31-26-17-19-35-27-14-9-8-13-24(26)27/h5-9,11-16,20-21,26H,3-4,10,17-19H2,1-2H3,(H,31,32)/b25-20+. The fraction of sp³-hybridized carbons (Fsp3) is 0.300. The van der Waals surface area contributed by atoms with E-state index in [1.165, 1.54) is 0 Å². The maximum absolute atomic E-state index is 13.6. The third-order valence-corrected chi connectivity index (χ3v) is 6.10. The molecule has 1 N–H and O–H groups in total. The highest BCUT2D eigenvalue weighted by atomic mass is 16.5. The summed E-state index contributed by atoms with van der Waals surface area (Å²) in [5.74, 6) is 2.07. The molecule has 5 heteroatoms. The van der Waals surface area contributed by atoms with Gasteiger partial charge in [0.2, 0.25) is 0 Å². The van der Waals surface area contributed by atoms with E-state index in [9.17, 15) is 4.79 Å². The van der Waals surface area contributed by atoms with Crippen LogP contribution in [0.5, 0.6) is 17.2 Å². The fourth-order valence-corrected chi connectivity index (χ4v) is 4.22. The second kappa shape index (κ2) is 12.1. The smallest absolute Gasteiger partial charge is 0.252 e. The molecular weight excluding hydrogens is 438 g/mol. The second-order valence-corrected chi connectivity index (χ2v) is 8.59. The fourth-order valence-electron chi connectivity index (χ4n) is 4.22. The highest BCUT2D eigenvalue weighted by molar-refractivity contribution is 6.24. The predicted octanol–water partition coefficient (Wildman–Crippen LogP) is 6.44. The number of fused-ring (bicyclic) bond motifs is 1. The number of unbranched alkanes of at least 4 members (excludes halogenated alkanes) is 2. The number of carbonyl (C=O) groups is 1. The zero-order valence-electron chi connectivity index (χ0n) is 20.5. The van der Waals surface area contributed by atoms with E-state index in [2.05, 4.69) is 12.2 Å². The van der Waals surface area contributed by atoms with Crippen LogP contribution in [0.25, 0.3) is 11.6 Å². The van der Waals surface area contributed by atoms with E-state index in [4.69, 9.17) is 14.2 Å². The Bertz CT molecular complexity index is 1160. The van der Waals surface area contributed by atoms with Crippen LogP contribution in [0, 0.1) is 0 Å². The minimum atomic E-state index is -0.128. The highest BCUT2D eigenvalue weighted by Crippen LogP contribution is 2.33. The second-order valence-electron chi connectivity index (χ2n) is 8.59. The number of rotatable bonds is 10. The van der Waals surface area contributed by atoms with Crippen LogP contribution in [-0.2, 0) is 4.79 Å². The molecule has 1 amide bonds. The van der Waals surface area contributed by atoms with Crippen LogP contribution < -0.4 is 19.5 Å². The minimum absolute atomic E-state index is 0.104. The zero-order valence-corrected chi connectivity index (χ0v) is 20.5. The molecule has 0 saturated heterocycles. The van der Waals surface area contributed by atoms with Crippen molar-refractivity contribution in [2.24, 2.45) is 0 Å². The molecule has 35 heavy (non-hydrogen) atoms. The van der Waals surface area contributed by atoms with Gasteiger partial charge in [-0.3, -0.25) is 4.79 Å². The number of hydrogen-bond donors (Lipinski definition) is 1. The third-order valence-electron chi connectivity index (χ3n) is 6.10. The first-order chi connectivity index (χ1) is 17.2. The maximum Gasteiger partial charge on any atom is 0.252 e. The van der Waals surface area contributed by atoms with Gasteiger partial charge in [-0.25, -0.2) is 0 Å². The summed E-state index contributed by atoms with van der Waals surface area (Å²) in [4.78, 5) is 13.6. The Balaban J connectivity index is 1.60. The molecule has 182 valence electrons. The van der Waals surface area contributed by atoms with Crippen LogP contribution in [0.3, 0.4) is 0 Å². The summed E-state index contributed by atoms with van der Waals surface area (Å²) in [6, 6.07) is 23.3. The first-order valence-electron chi connectivity index (χ1n) is 12.3. The summed E-state index contributed by atoms with van der Waals surface area (Å²) in [5, 5.41) is 3.23. The Kier molecular flexibility index (Phi) is 8.44. The normalized spacial score (nSPS) is 15.0. The summed E-state index contributed by atoms with van der Waals surface area (Å²) in [6.07, 6.45) is 5.92. The van der Waals surface area contributed by atoms with Crippen molar-refractivity contribution in [1.29, 1.82) is 0 Å². The van der Waals surface area contributed by atoms with Crippen molar-refractivity contribution in [2.45, 2.75) is 38.6 Å². The van der Waals surface area contributed by atoms with E-state index in [0.717, 1.165) is 48.1 Å². The van der Waals surface area contributed by atoms with Crippen LogP contribution in [-0.4, -0.2) is 26.2 Å². The Labute approximate surface area is 207 Å². The van der Waals surface area contributed by atoms with Crippen molar-refractivity contribution in [2.75, 3.05) is 20.3 Å². The van der Waals surface area contributed by atoms with Crippen molar-refractivity contribution in [3.05, 3.63) is 89.5 Å². The van der Waals surface area contributed by atoms with E-state index in [1.807, 2.05) is 78.9 Å². The lowest BCUT2D eigenvalue weighted by molar-refractivity contribution is -0.116. The molecule has 0 bridgehead atoms. The van der Waals surface area contributed by atoms with Crippen LogP contribution in [0.4, 0.5) is 0 Å². The molecule has 1 heterocycles. The lowest BCUT2D eigenvalue weighted by Gasteiger charge is -2.27. The quantitative estimate of drug-likeness (QED) is 0.210. The molecule has 4 rings (SSSR count). The van der Waals surface area contributed by atoms with Crippen LogP contribution >= 0.6 is 0 Å². The van der Waals surface area contributed by atoms with E-state index >= 15 is 0 Å². The summed E-state index contributed by atoms with van der Waals surface area (Å²) in [6.45, 7) is 3.40. The van der Waals surface area contributed by atoms with Crippen LogP contribution in [0.2, 0.25) is 0 Å². The summed E-state index contributed by atoms with van der Waals surface area (Å²) >= 11 is 0. The van der Waals surface area contributed by atoms with E-state index < -0.39 is 0 Å². The van der Waals surface area contributed by atoms with Gasteiger partial charge in [0.05, 0.1) is 26.4 Å². The third kappa shape index (κ3) is 6.24. The average molecular weight is 472 g/mol. The number of amides is 1. The van der Waals surface area contributed by atoms with E-state index in [0.29, 0.717) is 30.3 Å². The molecule has 3 aromatic rings. The minimum Gasteiger partial charge on any atom is -0.493 e. The zero-order chi connectivity index (χ0) is 24.5. The van der Waals surface area contributed by atoms with Gasteiger partial charge in [0, 0.05) is 17.6 Å². The summed E-state index contributed by atoms with van der Waals surface area (Å²) in [5.41, 5.74) is 3.31. The van der Waals surface area contributed by atoms with Crippen molar-refractivity contribution in [3.8, 4) is 17.2 Å². The number of methoxy groups -OCH3 is 1. The maximum atomic E-state index is 13.6. The SMILES string of the molecule is CCCCCOc1ccc(/C=C(/C(=O)NC2CCOc3ccccc32)c2ccccc2)cc1OC. The van der Waals surface area contributed by atoms with Gasteiger partial charge in [0.25, 0.3) is 5.91 Å². The Morgan fingerprint density at radius 1 is 1.03 bits per heavy atom. The van der Waals surface area contributed by atoms with Crippen LogP contribution in [0.15, 0.2) is 72.8 Å². The molecule has 0 aromatic heterocycles. The van der Waals surface area contributed by atoms with Gasteiger partial charge in [-0.2, -0.15) is 0 Å². The molecular formula is C30H33NO4. The van der Waals surface area contributed by atoms with Gasteiger partial charge in [-0.15, -0.1) is 0 Å². The molecule has 3 aromatic carbocycles. The molecule has 1 unspecified atom stereocenters. The molecule has 0 aliphatic carbocycles. The average Bonchev–Trinajstić information content (AvgIpc) is 2.90. The van der Waals surface area contributed by atoms with Crippen LogP contribution in [0.1, 0.15) is 55.3 Å². The van der Waals surface area contributed by atoms with Gasteiger partial charge in [-0.05, 0) is 41.8 Å². The number of carbonyl (C=O) groups excluding carboxylic acids is 1. The van der Waals surface area contributed by atoms with Gasteiger partial charge in [0.1, 0.15) is 5.75 Å². The first-order valence-corrected chi connectivity index (χ1v) is 12.3. The number of ether oxygens (including phenoxy) is 3. The number of hydrogen-bond acceptors (Lipinski definition) is 4. The van der Waals surface area contributed by atoms with Gasteiger partial charge in [0.15, 0.2) is 11.5 Å². The Morgan fingerprint density at radius 2 is 1.83 bits per heavy atom. The highest BCUT2D eigenvalue weighted by Gasteiger charge is 2.24. The lowest BCUT2D eigenvalue weighted by atomic mass is 9.98. The molecule has 1 aliphatic heterocycles. The van der Waals surface area contributed by atoms with Crippen molar-refractivity contribution < 1.29 is 19.0 Å².